The highest BCUT2D eigenvalue weighted by molar-refractivity contribution is 9.10. The first kappa shape index (κ1) is 10.4. The molecule has 80 valence electrons. The van der Waals surface area contributed by atoms with Crippen LogP contribution in [0.5, 0.6) is 0 Å². The minimum Gasteiger partial charge on any atom is -0.397 e. The fourth-order valence-corrected chi connectivity index (χ4v) is 2.22. The Kier molecular flexibility index (Phi) is 2.93. The van der Waals surface area contributed by atoms with E-state index in [1.165, 1.54) is 0 Å². The molecule has 0 aliphatic carbocycles. The summed E-state index contributed by atoms with van der Waals surface area (Å²) >= 11 is 3.43. The number of likely N-dealkylation sites (N-methyl/N-ethyl adjacent to an activating group) is 1. The van der Waals surface area contributed by atoms with Crippen LogP contribution in [0.1, 0.15) is 5.82 Å². The van der Waals surface area contributed by atoms with E-state index in [1.54, 1.807) is 0 Å². The molecule has 15 heavy (non-hydrogen) atoms. The number of nitrogens with two attached hydrogens (primary N) is 1. The second-order valence-electron chi connectivity index (χ2n) is 3.35. The predicted octanol–water partition coefficient (Wildman–Crippen LogP) is 1.44. The van der Waals surface area contributed by atoms with E-state index in [1.807, 2.05) is 29.8 Å². The maximum atomic E-state index is 5.89. The van der Waals surface area contributed by atoms with Gasteiger partial charge < -0.3 is 15.5 Å². The number of aromatic nitrogens is 2. The molecule has 4 nitrogen and oxygen atoms in total. The van der Waals surface area contributed by atoms with Gasteiger partial charge in [-0.15, -0.1) is 0 Å². The third kappa shape index (κ3) is 1.85. The first-order valence-corrected chi connectivity index (χ1v) is 5.59. The molecule has 5 heteroatoms. The van der Waals surface area contributed by atoms with E-state index in [9.17, 15) is 0 Å². The van der Waals surface area contributed by atoms with Gasteiger partial charge in [-0.05, 0) is 35.1 Å². The van der Waals surface area contributed by atoms with Crippen molar-refractivity contribution in [2.24, 2.45) is 0 Å². The summed E-state index contributed by atoms with van der Waals surface area (Å²) in [5, 5.41) is 3.10. The molecule has 0 spiro atoms. The van der Waals surface area contributed by atoms with Crippen molar-refractivity contribution in [1.82, 2.24) is 14.7 Å². The van der Waals surface area contributed by atoms with E-state index in [0.717, 1.165) is 34.6 Å². The smallest absolute Gasteiger partial charge is 0.134 e. The van der Waals surface area contributed by atoms with Crippen molar-refractivity contribution in [3.05, 3.63) is 28.8 Å². The molecule has 0 bridgehead atoms. The van der Waals surface area contributed by atoms with Crippen LogP contribution in [0.15, 0.2) is 22.9 Å². The van der Waals surface area contributed by atoms with Crippen LogP contribution in [0.2, 0.25) is 0 Å². The fourth-order valence-electron chi connectivity index (χ4n) is 1.59. The second-order valence-corrected chi connectivity index (χ2v) is 4.11. The van der Waals surface area contributed by atoms with E-state index in [-0.39, 0.29) is 0 Å². The lowest BCUT2D eigenvalue weighted by Gasteiger charge is -2.01. The van der Waals surface area contributed by atoms with E-state index in [4.69, 9.17) is 5.73 Å². The lowest BCUT2D eigenvalue weighted by Crippen LogP contribution is -2.12. The quantitative estimate of drug-likeness (QED) is 0.886. The van der Waals surface area contributed by atoms with Crippen molar-refractivity contribution in [1.29, 1.82) is 0 Å². The summed E-state index contributed by atoms with van der Waals surface area (Å²) < 4.78 is 2.84. The van der Waals surface area contributed by atoms with E-state index in [0.29, 0.717) is 0 Å². The molecule has 2 aromatic heterocycles. The second kappa shape index (κ2) is 4.20. The summed E-state index contributed by atoms with van der Waals surface area (Å²) in [4.78, 5) is 4.45. The van der Waals surface area contributed by atoms with Crippen molar-refractivity contribution in [3.63, 3.8) is 0 Å². The van der Waals surface area contributed by atoms with Gasteiger partial charge in [0.1, 0.15) is 15.9 Å². The van der Waals surface area contributed by atoms with Gasteiger partial charge in [-0.3, -0.25) is 0 Å². The molecule has 0 unspecified atom stereocenters. The fraction of sp³-hybridized carbons (Fsp3) is 0.300. The van der Waals surface area contributed by atoms with E-state index < -0.39 is 0 Å². The molecule has 3 N–H and O–H groups in total. The lowest BCUT2D eigenvalue weighted by molar-refractivity contribution is 0.753. The van der Waals surface area contributed by atoms with Crippen LogP contribution < -0.4 is 11.1 Å². The molecule has 2 aromatic rings. The van der Waals surface area contributed by atoms with Gasteiger partial charge in [0.25, 0.3) is 0 Å². The zero-order valence-electron chi connectivity index (χ0n) is 8.50. The van der Waals surface area contributed by atoms with Crippen LogP contribution in [0.25, 0.3) is 5.52 Å². The molecular formula is C10H13BrN4. The van der Waals surface area contributed by atoms with E-state index in [2.05, 4.69) is 26.2 Å². The monoisotopic (exact) mass is 268 g/mol. The standard InChI is InChI=1S/C10H13BrN4/c1-13-5-4-8-14-10(11)9-7(12)3-2-6-15(8)9/h2-3,6,13H,4-5,12H2,1H3. The third-order valence-corrected chi connectivity index (χ3v) is 2.88. The highest BCUT2D eigenvalue weighted by Gasteiger charge is 2.10. The Bertz CT molecular complexity index is 477. The van der Waals surface area contributed by atoms with Crippen molar-refractivity contribution in [2.75, 3.05) is 19.3 Å². The van der Waals surface area contributed by atoms with Crippen LogP contribution in [-0.2, 0) is 6.42 Å². The van der Waals surface area contributed by atoms with Gasteiger partial charge in [0.15, 0.2) is 0 Å². The molecule has 0 aliphatic rings. The van der Waals surface area contributed by atoms with Crippen LogP contribution in [0, 0.1) is 0 Å². The first-order valence-electron chi connectivity index (χ1n) is 4.79. The number of imidazole rings is 1. The molecule has 0 saturated carbocycles. The number of anilines is 1. The molecule has 0 radical (unpaired) electrons. The summed E-state index contributed by atoms with van der Waals surface area (Å²) in [6, 6.07) is 3.81. The van der Waals surface area contributed by atoms with Crippen molar-refractivity contribution in [2.45, 2.75) is 6.42 Å². The normalized spacial score (nSPS) is 11.1. The largest absolute Gasteiger partial charge is 0.397 e. The number of pyridine rings is 1. The Morgan fingerprint density at radius 2 is 2.40 bits per heavy atom. The zero-order chi connectivity index (χ0) is 10.8. The van der Waals surface area contributed by atoms with Gasteiger partial charge in [-0.1, -0.05) is 0 Å². The number of nitrogens with one attached hydrogen (secondary N) is 1. The molecular weight excluding hydrogens is 256 g/mol. The average molecular weight is 269 g/mol. The average Bonchev–Trinajstić information content (AvgIpc) is 2.54. The van der Waals surface area contributed by atoms with Gasteiger partial charge >= 0.3 is 0 Å². The molecule has 0 saturated heterocycles. The van der Waals surface area contributed by atoms with Crippen LogP contribution in [0.4, 0.5) is 5.69 Å². The Balaban J connectivity index is 2.53. The van der Waals surface area contributed by atoms with Crippen LogP contribution in [-0.4, -0.2) is 23.0 Å². The number of nitrogen functional groups attached to an aromatic ring is 1. The van der Waals surface area contributed by atoms with Gasteiger partial charge in [-0.25, -0.2) is 4.98 Å². The molecule has 2 heterocycles. The van der Waals surface area contributed by atoms with Gasteiger partial charge in [0.2, 0.25) is 0 Å². The Morgan fingerprint density at radius 3 is 3.13 bits per heavy atom. The number of hydrogen-bond donors (Lipinski definition) is 2. The third-order valence-electron chi connectivity index (χ3n) is 2.32. The summed E-state index contributed by atoms with van der Waals surface area (Å²) in [6.07, 6.45) is 2.86. The van der Waals surface area contributed by atoms with E-state index >= 15 is 0 Å². The number of hydrogen-bond acceptors (Lipinski definition) is 3. The summed E-state index contributed by atoms with van der Waals surface area (Å²) in [5.74, 6) is 1.01. The maximum absolute atomic E-state index is 5.89. The van der Waals surface area contributed by atoms with Gasteiger partial charge in [-0.2, -0.15) is 0 Å². The van der Waals surface area contributed by atoms with Crippen molar-refractivity contribution >= 4 is 27.1 Å². The molecule has 0 amide bonds. The maximum Gasteiger partial charge on any atom is 0.134 e. The molecule has 2 rings (SSSR count). The molecule has 0 atom stereocenters. The Labute approximate surface area is 96.6 Å². The number of halogens is 1. The van der Waals surface area contributed by atoms with Gasteiger partial charge in [0, 0.05) is 19.2 Å². The SMILES string of the molecule is CNCCc1nc(Br)c2c(N)cccn12. The molecule has 0 aromatic carbocycles. The minimum atomic E-state index is 0.743. The van der Waals surface area contributed by atoms with Gasteiger partial charge in [0.05, 0.1) is 5.69 Å². The lowest BCUT2D eigenvalue weighted by atomic mass is 10.3. The summed E-state index contributed by atoms with van der Waals surface area (Å²) in [5.41, 5.74) is 7.58. The molecule has 0 aliphatic heterocycles. The van der Waals surface area contributed by atoms with Crippen LogP contribution >= 0.6 is 15.9 Å². The first-order chi connectivity index (χ1) is 7.24. The number of nitrogens with zero attached hydrogens (tertiary/aromatic N) is 2. The zero-order valence-corrected chi connectivity index (χ0v) is 10.1. The minimum absolute atomic E-state index is 0.743. The number of rotatable bonds is 3. The highest BCUT2D eigenvalue weighted by atomic mass is 79.9. The topological polar surface area (TPSA) is 55.3 Å². The summed E-state index contributed by atoms with van der Waals surface area (Å²) in [7, 11) is 1.93. The number of fused-ring (bicyclic) bond motifs is 1. The Morgan fingerprint density at radius 1 is 1.60 bits per heavy atom. The highest BCUT2D eigenvalue weighted by Crippen LogP contribution is 2.24. The molecule has 0 fully saturated rings. The summed E-state index contributed by atoms with van der Waals surface area (Å²) in [6.45, 7) is 0.903. The predicted molar refractivity (Wildman–Crippen MR) is 64.9 cm³/mol. The van der Waals surface area contributed by atoms with Crippen LogP contribution in [0.3, 0.4) is 0 Å². The van der Waals surface area contributed by atoms with Crippen molar-refractivity contribution < 1.29 is 0 Å². The van der Waals surface area contributed by atoms with Crippen molar-refractivity contribution in [3.8, 4) is 0 Å². The Hall–Kier alpha value is -1.07.